The minimum absolute atomic E-state index is 0.334. The first-order valence-corrected chi connectivity index (χ1v) is 10.6. The van der Waals surface area contributed by atoms with Crippen molar-refractivity contribution in [2.75, 3.05) is 13.1 Å². The number of rotatable bonds is 4. The van der Waals surface area contributed by atoms with E-state index in [0.29, 0.717) is 11.8 Å². The Labute approximate surface area is 163 Å². The molecule has 1 aliphatic carbocycles. The number of aromatic amines is 1. The van der Waals surface area contributed by atoms with E-state index < -0.39 is 5.60 Å². The van der Waals surface area contributed by atoms with Crippen molar-refractivity contribution in [1.29, 1.82) is 0 Å². The number of fused-ring (bicyclic) bond motifs is 1. The normalized spacial score (nSPS) is 28.3. The first kappa shape index (κ1) is 17.2. The number of hydrogen-bond donors (Lipinski definition) is 2. The highest BCUT2D eigenvalue weighted by molar-refractivity contribution is 7.15. The Hall–Kier alpha value is -1.95. The van der Waals surface area contributed by atoms with Gasteiger partial charge in [0.1, 0.15) is 0 Å². The molecule has 0 spiro atoms. The fourth-order valence-electron chi connectivity index (χ4n) is 5.05. The Bertz CT molecular complexity index is 891. The van der Waals surface area contributed by atoms with Crippen LogP contribution in [-0.4, -0.2) is 33.3 Å². The van der Waals surface area contributed by atoms with Crippen LogP contribution in [0.3, 0.4) is 0 Å². The summed E-state index contributed by atoms with van der Waals surface area (Å²) in [6.07, 6.45) is 5.03. The van der Waals surface area contributed by atoms with Crippen LogP contribution in [0.15, 0.2) is 54.7 Å². The quantitative estimate of drug-likeness (QED) is 0.712. The molecule has 0 radical (unpaired) electrons. The summed E-state index contributed by atoms with van der Waals surface area (Å²) in [5.41, 5.74) is 1.51. The van der Waals surface area contributed by atoms with Crippen LogP contribution >= 0.6 is 11.3 Å². The molecule has 3 atom stereocenters. The van der Waals surface area contributed by atoms with Crippen LogP contribution in [0.25, 0.3) is 10.6 Å². The van der Waals surface area contributed by atoms with Crippen LogP contribution in [0.2, 0.25) is 0 Å². The predicted molar refractivity (Wildman–Crippen MR) is 108 cm³/mol. The third kappa shape index (κ3) is 3.14. The third-order valence-corrected chi connectivity index (χ3v) is 7.45. The molecule has 1 aliphatic heterocycles. The lowest BCUT2D eigenvalue weighted by Gasteiger charge is -2.41. The van der Waals surface area contributed by atoms with Gasteiger partial charge in [0, 0.05) is 36.6 Å². The summed E-state index contributed by atoms with van der Waals surface area (Å²) in [5, 5.41) is 18.7. The molecule has 1 aromatic carbocycles. The van der Waals surface area contributed by atoms with Crippen LogP contribution in [0, 0.1) is 11.8 Å². The highest BCUT2D eigenvalue weighted by Crippen LogP contribution is 2.48. The Morgan fingerprint density at radius 2 is 2.04 bits per heavy atom. The van der Waals surface area contributed by atoms with E-state index in [-0.39, 0.29) is 0 Å². The second-order valence-electron chi connectivity index (χ2n) is 7.98. The molecule has 2 fully saturated rings. The zero-order chi connectivity index (χ0) is 18.3. The zero-order valence-corrected chi connectivity index (χ0v) is 16.2. The van der Waals surface area contributed by atoms with Gasteiger partial charge < -0.3 is 5.11 Å². The molecule has 2 aliphatic rings. The highest BCUT2D eigenvalue weighted by Gasteiger charge is 2.49. The van der Waals surface area contributed by atoms with Gasteiger partial charge in [-0.05, 0) is 48.9 Å². The number of benzene rings is 1. The van der Waals surface area contributed by atoms with Crippen molar-refractivity contribution < 1.29 is 5.11 Å². The van der Waals surface area contributed by atoms with Crippen LogP contribution in [0.5, 0.6) is 0 Å². The molecule has 0 unspecified atom stereocenters. The molecule has 4 nitrogen and oxygen atoms in total. The summed E-state index contributed by atoms with van der Waals surface area (Å²) in [5.74, 6) is 0.927. The van der Waals surface area contributed by atoms with Gasteiger partial charge in [-0.3, -0.25) is 10.00 Å². The van der Waals surface area contributed by atoms with Gasteiger partial charge in [-0.1, -0.05) is 30.3 Å². The summed E-state index contributed by atoms with van der Waals surface area (Å²) in [6, 6.07) is 16.7. The van der Waals surface area contributed by atoms with E-state index in [1.165, 1.54) is 16.2 Å². The third-order valence-electron chi connectivity index (χ3n) is 6.34. The van der Waals surface area contributed by atoms with Crippen molar-refractivity contribution in [3.63, 3.8) is 0 Å². The van der Waals surface area contributed by atoms with E-state index in [1.807, 2.05) is 35.6 Å². The Kier molecular flexibility index (Phi) is 4.38. The lowest BCUT2D eigenvalue weighted by Crippen LogP contribution is -2.42. The van der Waals surface area contributed by atoms with Crippen molar-refractivity contribution in [2.24, 2.45) is 11.8 Å². The molecule has 140 valence electrons. The SMILES string of the molecule is O[C@]1(c2ccccc2)CCC[C@@H]2CN(Cc3ccc(-c4ccn[nH]4)s3)C[C@@H]21. The number of aromatic nitrogens is 2. The van der Waals surface area contributed by atoms with Gasteiger partial charge in [0.2, 0.25) is 0 Å². The average molecular weight is 380 g/mol. The number of nitrogens with zero attached hydrogens (tertiary/aromatic N) is 2. The number of H-pyrrole nitrogens is 1. The molecule has 5 rings (SSSR count). The number of nitrogens with one attached hydrogen (secondary N) is 1. The topological polar surface area (TPSA) is 52.1 Å². The van der Waals surface area contributed by atoms with E-state index in [1.54, 1.807) is 6.20 Å². The van der Waals surface area contributed by atoms with Crippen molar-refractivity contribution >= 4 is 11.3 Å². The van der Waals surface area contributed by atoms with E-state index in [2.05, 4.69) is 39.4 Å². The van der Waals surface area contributed by atoms with Gasteiger partial charge in [0.25, 0.3) is 0 Å². The number of aliphatic hydroxyl groups is 1. The smallest absolute Gasteiger partial charge is 0.0939 e. The molecule has 3 heterocycles. The molecule has 27 heavy (non-hydrogen) atoms. The summed E-state index contributed by atoms with van der Waals surface area (Å²) >= 11 is 1.83. The van der Waals surface area contributed by atoms with Crippen molar-refractivity contribution in [3.8, 4) is 10.6 Å². The Balaban J connectivity index is 1.33. The van der Waals surface area contributed by atoms with Crippen LogP contribution in [0.1, 0.15) is 29.7 Å². The van der Waals surface area contributed by atoms with Crippen molar-refractivity contribution in [2.45, 2.75) is 31.4 Å². The minimum atomic E-state index is -0.671. The molecule has 1 saturated heterocycles. The van der Waals surface area contributed by atoms with Gasteiger partial charge >= 0.3 is 0 Å². The molecule has 2 aromatic heterocycles. The van der Waals surface area contributed by atoms with Gasteiger partial charge in [0.05, 0.1) is 16.2 Å². The average Bonchev–Trinajstić information content (AvgIpc) is 3.43. The molecule has 0 amide bonds. The zero-order valence-electron chi connectivity index (χ0n) is 15.3. The van der Waals surface area contributed by atoms with Gasteiger partial charge in [-0.15, -0.1) is 11.3 Å². The molecule has 0 bridgehead atoms. The molecule has 3 aromatic rings. The second-order valence-corrected chi connectivity index (χ2v) is 9.15. The van der Waals surface area contributed by atoms with Crippen molar-refractivity contribution in [3.05, 3.63) is 65.2 Å². The summed E-state index contributed by atoms with van der Waals surface area (Å²) in [7, 11) is 0. The first-order chi connectivity index (χ1) is 13.2. The molecular formula is C22H25N3OS. The van der Waals surface area contributed by atoms with E-state index >= 15 is 0 Å². The lowest BCUT2D eigenvalue weighted by molar-refractivity contribution is -0.0648. The number of likely N-dealkylation sites (tertiary alicyclic amines) is 1. The molecule has 2 N–H and O–H groups in total. The van der Waals surface area contributed by atoms with Crippen LogP contribution in [0.4, 0.5) is 0 Å². The fraction of sp³-hybridized carbons (Fsp3) is 0.409. The number of thiophene rings is 1. The van der Waals surface area contributed by atoms with Gasteiger partial charge in [0.15, 0.2) is 0 Å². The highest BCUT2D eigenvalue weighted by atomic mass is 32.1. The fourth-order valence-corrected chi connectivity index (χ4v) is 6.07. The second kappa shape index (κ2) is 6.89. The standard InChI is InChI=1S/C22H25N3OS/c26-22(17-6-2-1-3-7-17)11-4-5-16-13-25(15-19(16)22)14-18-8-9-21(27-18)20-10-12-23-24-20/h1-3,6-10,12,16,19,26H,4-5,11,13-15H2,(H,23,24)/t16-,19+,22+/m1/s1. The van der Waals surface area contributed by atoms with Gasteiger partial charge in [-0.2, -0.15) is 5.10 Å². The molecule has 1 saturated carbocycles. The summed E-state index contributed by atoms with van der Waals surface area (Å²) in [4.78, 5) is 5.15. The summed E-state index contributed by atoms with van der Waals surface area (Å²) in [6.45, 7) is 3.04. The first-order valence-electron chi connectivity index (χ1n) is 9.81. The summed E-state index contributed by atoms with van der Waals surface area (Å²) < 4.78 is 0. The maximum Gasteiger partial charge on any atom is 0.0939 e. The Morgan fingerprint density at radius 1 is 1.15 bits per heavy atom. The van der Waals surface area contributed by atoms with Gasteiger partial charge in [-0.25, -0.2) is 0 Å². The maximum atomic E-state index is 11.6. The van der Waals surface area contributed by atoms with Crippen molar-refractivity contribution in [1.82, 2.24) is 15.1 Å². The van der Waals surface area contributed by atoms with E-state index in [4.69, 9.17) is 0 Å². The van der Waals surface area contributed by atoms with E-state index in [0.717, 1.165) is 43.7 Å². The van der Waals surface area contributed by atoms with E-state index in [9.17, 15) is 5.11 Å². The Morgan fingerprint density at radius 3 is 2.85 bits per heavy atom. The minimum Gasteiger partial charge on any atom is -0.385 e. The van der Waals surface area contributed by atoms with Crippen LogP contribution < -0.4 is 0 Å². The maximum absolute atomic E-state index is 11.6. The molecule has 5 heteroatoms. The predicted octanol–water partition coefficient (Wildman–Crippen LogP) is 4.26. The molecular weight excluding hydrogens is 354 g/mol. The monoisotopic (exact) mass is 379 g/mol. The largest absolute Gasteiger partial charge is 0.385 e. The van der Waals surface area contributed by atoms with Crippen LogP contribution in [-0.2, 0) is 12.1 Å². The lowest BCUT2D eigenvalue weighted by atomic mass is 9.67. The number of hydrogen-bond acceptors (Lipinski definition) is 4.